The summed E-state index contributed by atoms with van der Waals surface area (Å²) in [5, 5.41) is 16.5. The lowest BCUT2D eigenvalue weighted by atomic mass is 10.2. The van der Waals surface area contributed by atoms with Crippen LogP contribution in [0.5, 0.6) is 0 Å². The highest BCUT2D eigenvalue weighted by Gasteiger charge is 2.12. The van der Waals surface area contributed by atoms with E-state index in [-0.39, 0.29) is 19.0 Å². The number of benzene rings is 1. The average molecular weight is 327 g/mol. The quantitative estimate of drug-likeness (QED) is 0.634. The third kappa shape index (κ3) is 3.96. The first-order valence-corrected chi connectivity index (χ1v) is 6.75. The molecule has 2 rings (SSSR count). The summed E-state index contributed by atoms with van der Waals surface area (Å²) in [7, 11) is 4.00. The third-order valence-corrected chi connectivity index (χ3v) is 3.26. The van der Waals surface area contributed by atoms with Crippen molar-refractivity contribution < 1.29 is 5.11 Å². The number of aromatic nitrogens is 2. The van der Waals surface area contributed by atoms with E-state index in [0.717, 1.165) is 11.4 Å². The summed E-state index contributed by atoms with van der Waals surface area (Å²) in [5.74, 6) is 0.392. The number of anilines is 4. The standard InChI is InChI=1S/C14H22N6O.ClH/c1-19(2)11-5-3-10(4-6-11)17-9-12-13(15)14(16)20(18-12)7-8-21;/h3-6,17,21H,7-9,15-16H2,1-2H3;1H. The van der Waals surface area contributed by atoms with Crippen LogP contribution in [0.25, 0.3) is 0 Å². The average Bonchev–Trinajstić information content (AvgIpc) is 2.74. The largest absolute Gasteiger partial charge is 0.394 e. The molecule has 7 nitrogen and oxygen atoms in total. The van der Waals surface area contributed by atoms with E-state index in [2.05, 4.69) is 10.4 Å². The van der Waals surface area contributed by atoms with E-state index in [4.69, 9.17) is 16.6 Å². The molecule has 0 bridgehead atoms. The van der Waals surface area contributed by atoms with Crippen LogP contribution in [0.3, 0.4) is 0 Å². The number of aliphatic hydroxyl groups excluding tert-OH is 1. The monoisotopic (exact) mass is 326 g/mol. The molecule has 0 radical (unpaired) electrons. The van der Waals surface area contributed by atoms with Crippen LogP contribution in [-0.4, -0.2) is 35.6 Å². The number of hydrogen-bond acceptors (Lipinski definition) is 6. The van der Waals surface area contributed by atoms with Crippen molar-refractivity contribution in [3.8, 4) is 0 Å². The van der Waals surface area contributed by atoms with Gasteiger partial charge in [0.15, 0.2) is 0 Å². The number of halogens is 1. The molecule has 22 heavy (non-hydrogen) atoms. The number of nitrogens with one attached hydrogen (secondary N) is 1. The number of aliphatic hydroxyl groups is 1. The van der Waals surface area contributed by atoms with Gasteiger partial charge in [0.1, 0.15) is 11.5 Å². The molecule has 2 aromatic rings. The second-order valence-corrected chi connectivity index (χ2v) is 4.99. The van der Waals surface area contributed by atoms with Crippen LogP contribution in [0.4, 0.5) is 22.9 Å². The smallest absolute Gasteiger partial charge is 0.145 e. The van der Waals surface area contributed by atoms with Crippen molar-refractivity contribution in [1.29, 1.82) is 0 Å². The van der Waals surface area contributed by atoms with E-state index >= 15 is 0 Å². The van der Waals surface area contributed by atoms with Crippen molar-refractivity contribution in [3.05, 3.63) is 30.0 Å². The zero-order chi connectivity index (χ0) is 15.4. The molecule has 1 aromatic heterocycles. The number of rotatable bonds is 6. The van der Waals surface area contributed by atoms with Crippen molar-refractivity contribution in [2.24, 2.45) is 0 Å². The van der Waals surface area contributed by atoms with Crippen LogP contribution in [0.1, 0.15) is 5.69 Å². The van der Waals surface area contributed by atoms with Gasteiger partial charge in [-0.3, -0.25) is 0 Å². The Kier molecular flexibility index (Phi) is 6.33. The maximum atomic E-state index is 8.95. The van der Waals surface area contributed by atoms with Crippen LogP contribution in [-0.2, 0) is 13.1 Å². The van der Waals surface area contributed by atoms with E-state index in [1.54, 1.807) is 0 Å². The SMILES string of the molecule is CN(C)c1ccc(NCc2nn(CCO)c(N)c2N)cc1.Cl. The summed E-state index contributed by atoms with van der Waals surface area (Å²) in [6.07, 6.45) is 0. The molecule has 0 saturated heterocycles. The first kappa shape index (κ1) is 17.9. The van der Waals surface area contributed by atoms with Crippen molar-refractivity contribution in [1.82, 2.24) is 9.78 Å². The number of nitrogens with zero attached hydrogens (tertiary/aromatic N) is 3. The van der Waals surface area contributed by atoms with Crippen LogP contribution in [0.2, 0.25) is 0 Å². The molecule has 122 valence electrons. The minimum absolute atomic E-state index is 0. The van der Waals surface area contributed by atoms with Gasteiger partial charge in [-0.05, 0) is 24.3 Å². The van der Waals surface area contributed by atoms with Gasteiger partial charge < -0.3 is 26.8 Å². The highest BCUT2D eigenvalue weighted by Crippen LogP contribution is 2.21. The fourth-order valence-corrected chi connectivity index (χ4v) is 2.00. The molecule has 0 amide bonds. The van der Waals surface area contributed by atoms with Gasteiger partial charge in [-0.25, -0.2) is 4.68 Å². The molecule has 0 atom stereocenters. The molecule has 0 aliphatic carbocycles. The highest BCUT2D eigenvalue weighted by atomic mass is 35.5. The van der Waals surface area contributed by atoms with E-state index in [9.17, 15) is 0 Å². The zero-order valence-electron chi connectivity index (χ0n) is 12.8. The summed E-state index contributed by atoms with van der Waals surface area (Å²) >= 11 is 0. The van der Waals surface area contributed by atoms with Gasteiger partial charge in [-0.2, -0.15) is 5.10 Å². The third-order valence-electron chi connectivity index (χ3n) is 3.26. The molecule has 0 aliphatic rings. The lowest BCUT2D eigenvalue weighted by Crippen LogP contribution is -2.09. The fraction of sp³-hybridized carbons (Fsp3) is 0.357. The van der Waals surface area contributed by atoms with Gasteiger partial charge in [0.2, 0.25) is 0 Å². The van der Waals surface area contributed by atoms with Crippen LogP contribution in [0.15, 0.2) is 24.3 Å². The molecule has 1 aromatic carbocycles. The Morgan fingerprint density at radius 2 is 1.86 bits per heavy atom. The Balaban J connectivity index is 0.00000242. The van der Waals surface area contributed by atoms with E-state index < -0.39 is 0 Å². The summed E-state index contributed by atoms with van der Waals surface area (Å²) in [6.45, 7) is 0.799. The Morgan fingerprint density at radius 3 is 2.41 bits per heavy atom. The molecular weight excluding hydrogens is 304 g/mol. The van der Waals surface area contributed by atoms with Crippen molar-refractivity contribution in [2.75, 3.05) is 42.4 Å². The molecule has 0 aliphatic heterocycles. The molecule has 8 heteroatoms. The van der Waals surface area contributed by atoms with Gasteiger partial charge in [-0.15, -0.1) is 12.4 Å². The summed E-state index contributed by atoms with van der Waals surface area (Å²) < 4.78 is 1.52. The Bertz CT molecular complexity index is 596. The van der Waals surface area contributed by atoms with Crippen LogP contribution >= 0.6 is 12.4 Å². The summed E-state index contributed by atoms with van der Waals surface area (Å²) in [5.41, 5.74) is 15.0. The molecule has 0 unspecified atom stereocenters. The predicted octanol–water partition coefficient (Wildman–Crippen LogP) is 1.14. The maximum Gasteiger partial charge on any atom is 0.145 e. The normalized spacial score (nSPS) is 10.1. The molecule has 0 fully saturated rings. The maximum absolute atomic E-state index is 8.95. The Morgan fingerprint density at radius 1 is 1.23 bits per heavy atom. The highest BCUT2D eigenvalue weighted by molar-refractivity contribution is 5.85. The molecule has 0 spiro atoms. The van der Waals surface area contributed by atoms with E-state index in [0.29, 0.717) is 30.3 Å². The number of nitrogen functional groups attached to an aromatic ring is 2. The minimum Gasteiger partial charge on any atom is -0.394 e. The van der Waals surface area contributed by atoms with E-state index in [1.165, 1.54) is 4.68 Å². The summed E-state index contributed by atoms with van der Waals surface area (Å²) in [4.78, 5) is 2.04. The van der Waals surface area contributed by atoms with Gasteiger partial charge in [-0.1, -0.05) is 0 Å². The minimum atomic E-state index is -0.0236. The lowest BCUT2D eigenvalue weighted by molar-refractivity contribution is 0.270. The number of nitrogens with two attached hydrogens (primary N) is 2. The van der Waals surface area contributed by atoms with Crippen molar-refractivity contribution >= 4 is 35.3 Å². The Labute approximate surface area is 136 Å². The van der Waals surface area contributed by atoms with Crippen LogP contribution < -0.4 is 21.7 Å². The van der Waals surface area contributed by atoms with Crippen LogP contribution in [0, 0.1) is 0 Å². The molecular formula is C14H23ClN6O. The number of hydrogen-bond donors (Lipinski definition) is 4. The summed E-state index contributed by atoms with van der Waals surface area (Å²) in [6, 6.07) is 8.06. The van der Waals surface area contributed by atoms with E-state index in [1.807, 2.05) is 43.3 Å². The van der Waals surface area contributed by atoms with Crippen molar-refractivity contribution in [3.63, 3.8) is 0 Å². The fourth-order valence-electron chi connectivity index (χ4n) is 2.00. The second kappa shape index (κ2) is 7.77. The second-order valence-electron chi connectivity index (χ2n) is 4.99. The Hall–Kier alpha value is -2.12. The molecule has 0 saturated carbocycles. The molecule has 6 N–H and O–H groups in total. The first-order chi connectivity index (χ1) is 10.0. The van der Waals surface area contributed by atoms with Gasteiger partial charge in [0.25, 0.3) is 0 Å². The zero-order valence-corrected chi connectivity index (χ0v) is 13.6. The van der Waals surface area contributed by atoms with Gasteiger partial charge >= 0.3 is 0 Å². The lowest BCUT2D eigenvalue weighted by Gasteiger charge is -2.13. The topological polar surface area (TPSA) is 105 Å². The van der Waals surface area contributed by atoms with Gasteiger partial charge in [0, 0.05) is 25.5 Å². The predicted molar refractivity (Wildman–Crippen MR) is 93.5 cm³/mol. The first-order valence-electron chi connectivity index (χ1n) is 6.75. The van der Waals surface area contributed by atoms with Crippen molar-refractivity contribution in [2.45, 2.75) is 13.1 Å². The van der Waals surface area contributed by atoms with Gasteiger partial charge in [0.05, 0.1) is 25.4 Å². The molecule has 1 heterocycles.